The van der Waals surface area contributed by atoms with E-state index in [9.17, 15) is 4.79 Å². The fourth-order valence-corrected chi connectivity index (χ4v) is 2.48. The van der Waals surface area contributed by atoms with Gasteiger partial charge in [0.15, 0.2) is 0 Å². The molecule has 0 aliphatic carbocycles. The van der Waals surface area contributed by atoms with E-state index < -0.39 is 5.54 Å². The number of ether oxygens (including phenoxy) is 1. The first-order valence-corrected chi connectivity index (χ1v) is 6.64. The largest absolute Gasteiger partial charge is 0.468 e. The van der Waals surface area contributed by atoms with E-state index >= 15 is 0 Å². The molecule has 18 heavy (non-hydrogen) atoms. The van der Waals surface area contributed by atoms with Crippen LogP contribution in [0.25, 0.3) is 0 Å². The zero-order valence-electron chi connectivity index (χ0n) is 12.3. The lowest BCUT2D eigenvalue weighted by atomic mass is 10.00. The number of methoxy groups -OCH3 is 1. The van der Waals surface area contributed by atoms with Gasteiger partial charge in [-0.1, -0.05) is 0 Å². The van der Waals surface area contributed by atoms with E-state index in [1.165, 1.54) is 7.11 Å². The Bertz CT molecular complexity index is 275. The van der Waals surface area contributed by atoms with Gasteiger partial charge in [-0.15, -0.1) is 0 Å². The normalized spacial score (nSPS) is 21.9. The second kappa shape index (κ2) is 6.50. The summed E-state index contributed by atoms with van der Waals surface area (Å²) in [6, 6.07) is 0.251. The topological polar surface area (TPSA) is 44.8 Å². The number of nitrogens with zero attached hydrogens (tertiary/aromatic N) is 2. The number of hydrogen-bond donors (Lipinski definition) is 1. The van der Waals surface area contributed by atoms with Crippen LogP contribution in [-0.2, 0) is 9.53 Å². The molecule has 0 saturated carbocycles. The van der Waals surface area contributed by atoms with E-state index in [-0.39, 0.29) is 12.0 Å². The minimum absolute atomic E-state index is 0.185. The van der Waals surface area contributed by atoms with Gasteiger partial charge in [0.05, 0.1) is 7.11 Å². The number of piperazine rings is 1. The lowest BCUT2D eigenvalue weighted by Crippen LogP contribution is -2.61. The van der Waals surface area contributed by atoms with Crippen LogP contribution in [0.15, 0.2) is 0 Å². The van der Waals surface area contributed by atoms with Gasteiger partial charge in [0.1, 0.15) is 5.54 Å². The number of hydrogen-bond acceptors (Lipinski definition) is 5. The lowest BCUT2D eigenvalue weighted by molar-refractivity contribution is -0.149. The smallest absolute Gasteiger partial charge is 0.327 e. The van der Waals surface area contributed by atoms with Crippen LogP contribution in [0.2, 0.25) is 0 Å². The molecule has 0 amide bonds. The van der Waals surface area contributed by atoms with Crippen LogP contribution in [-0.4, -0.2) is 74.2 Å². The monoisotopic (exact) mass is 257 g/mol. The Morgan fingerprint density at radius 1 is 1.33 bits per heavy atom. The van der Waals surface area contributed by atoms with E-state index in [0.29, 0.717) is 6.54 Å². The highest BCUT2D eigenvalue weighted by Gasteiger charge is 2.37. The zero-order valence-corrected chi connectivity index (χ0v) is 12.3. The molecule has 0 aromatic rings. The van der Waals surface area contributed by atoms with E-state index in [4.69, 9.17) is 4.74 Å². The first kappa shape index (κ1) is 15.4. The fourth-order valence-electron chi connectivity index (χ4n) is 2.48. The fraction of sp³-hybridized carbons (Fsp3) is 0.923. The van der Waals surface area contributed by atoms with Crippen LogP contribution >= 0.6 is 0 Å². The quantitative estimate of drug-likeness (QED) is 0.711. The van der Waals surface area contributed by atoms with Crippen molar-refractivity contribution >= 4 is 5.97 Å². The third-order valence-corrected chi connectivity index (χ3v) is 3.38. The van der Waals surface area contributed by atoms with Crippen molar-refractivity contribution in [3.05, 3.63) is 0 Å². The van der Waals surface area contributed by atoms with Crippen molar-refractivity contribution in [2.24, 2.45) is 0 Å². The summed E-state index contributed by atoms with van der Waals surface area (Å²) in [4.78, 5) is 16.6. The van der Waals surface area contributed by atoms with Crippen LogP contribution in [0.4, 0.5) is 0 Å². The summed E-state index contributed by atoms with van der Waals surface area (Å²) in [5, 5.41) is 3.34. The molecule has 1 N–H and O–H groups in total. The molecule has 1 aliphatic heterocycles. The molecule has 0 spiro atoms. The number of esters is 1. The van der Waals surface area contributed by atoms with E-state index in [2.05, 4.69) is 22.2 Å². The first-order valence-electron chi connectivity index (χ1n) is 6.64. The molecule has 0 bridgehead atoms. The Morgan fingerprint density at radius 3 is 2.33 bits per heavy atom. The highest BCUT2D eigenvalue weighted by molar-refractivity contribution is 5.80. The van der Waals surface area contributed by atoms with Crippen molar-refractivity contribution in [2.75, 3.05) is 46.9 Å². The van der Waals surface area contributed by atoms with Crippen molar-refractivity contribution in [1.82, 2.24) is 15.1 Å². The lowest BCUT2D eigenvalue weighted by Gasteiger charge is -2.39. The van der Waals surface area contributed by atoms with Gasteiger partial charge >= 0.3 is 5.97 Å². The third-order valence-electron chi connectivity index (χ3n) is 3.38. The van der Waals surface area contributed by atoms with Crippen molar-refractivity contribution in [3.63, 3.8) is 0 Å². The molecule has 1 atom stereocenters. The molecule has 1 fully saturated rings. The molecule has 1 unspecified atom stereocenters. The van der Waals surface area contributed by atoms with Gasteiger partial charge in [-0.2, -0.15) is 0 Å². The van der Waals surface area contributed by atoms with Gasteiger partial charge in [-0.05, 0) is 27.8 Å². The summed E-state index contributed by atoms with van der Waals surface area (Å²) in [7, 11) is 3.58. The molecular formula is C13H27N3O2. The number of carbonyl (C=O) groups excluding carboxylic acids is 1. The predicted molar refractivity (Wildman–Crippen MR) is 72.6 cm³/mol. The summed E-state index contributed by atoms with van der Waals surface area (Å²) in [5.74, 6) is -0.185. The minimum Gasteiger partial charge on any atom is -0.468 e. The van der Waals surface area contributed by atoms with Gasteiger partial charge in [0.2, 0.25) is 0 Å². The van der Waals surface area contributed by atoms with E-state index in [0.717, 1.165) is 26.2 Å². The highest BCUT2D eigenvalue weighted by Crippen LogP contribution is 2.12. The van der Waals surface area contributed by atoms with Crippen LogP contribution in [0.1, 0.15) is 20.8 Å². The molecule has 0 aromatic heterocycles. The number of rotatable bonds is 5. The second-order valence-electron chi connectivity index (χ2n) is 5.70. The predicted octanol–water partition coefficient (Wildman–Crippen LogP) is 0.164. The number of carbonyl (C=O) groups is 1. The maximum absolute atomic E-state index is 12.0. The van der Waals surface area contributed by atoms with Gasteiger partial charge in [-0.25, -0.2) is 0 Å². The molecule has 1 saturated heterocycles. The minimum atomic E-state index is -0.626. The summed E-state index contributed by atoms with van der Waals surface area (Å²) >= 11 is 0. The molecule has 0 radical (unpaired) electrons. The maximum Gasteiger partial charge on any atom is 0.327 e. The summed E-state index contributed by atoms with van der Waals surface area (Å²) < 4.78 is 4.94. The Kier molecular flexibility index (Phi) is 5.56. The molecule has 5 heteroatoms. The molecule has 1 heterocycles. The van der Waals surface area contributed by atoms with Crippen LogP contribution in [0.5, 0.6) is 0 Å². The first-order chi connectivity index (χ1) is 8.37. The maximum atomic E-state index is 12.0. The number of nitrogens with one attached hydrogen (secondary N) is 1. The SMILES string of the molecule is COC(=O)C(C)(CN1CCN(C)CC1)NC(C)C. The van der Waals surface area contributed by atoms with Crippen molar-refractivity contribution in [3.8, 4) is 0 Å². The van der Waals surface area contributed by atoms with Crippen LogP contribution < -0.4 is 5.32 Å². The van der Waals surface area contributed by atoms with Crippen LogP contribution in [0.3, 0.4) is 0 Å². The molecule has 106 valence electrons. The Morgan fingerprint density at radius 2 is 1.89 bits per heavy atom. The van der Waals surface area contributed by atoms with Gasteiger partial charge in [0, 0.05) is 38.8 Å². The van der Waals surface area contributed by atoms with Gasteiger partial charge in [-0.3, -0.25) is 15.0 Å². The average molecular weight is 257 g/mol. The Hall–Kier alpha value is -0.650. The Labute approximate surface area is 110 Å². The molecule has 0 aromatic carbocycles. The van der Waals surface area contributed by atoms with Crippen LogP contribution in [0, 0.1) is 0 Å². The highest BCUT2D eigenvalue weighted by atomic mass is 16.5. The summed E-state index contributed by atoms with van der Waals surface area (Å²) in [6.45, 7) is 10.8. The Balaban J connectivity index is 2.63. The van der Waals surface area contributed by atoms with E-state index in [1.54, 1.807) is 0 Å². The second-order valence-corrected chi connectivity index (χ2v) is 5.70. The third kappa shape index (κ3) is 4.23. The molecule has 5 nitrogen and oxygen atoms in total. The van der Waals surface area contributed by atoms with Gasteiger partial charge < -0.3 is 9.64 Å². The van der Waals surface area contributed by atoms with Gasteiger partial charge in [0.25, 0.3) is 0 Å². The van der Waals surface area contributed by atoms with Crippen molar-refractivity contribution in [2.45, 2.75) is 32.4 Å². The molecular weight excluding hydrogens is 230 g/mol. The standard InChI is InChI=1S/C13H27N3O2/c1-11(2)14-13(3,12(17)18-5)10-16-8-6-15(4)7-9-16/h11,14H,6-10H2,1-5H3. The number of likely N-dealkylation sites (N-methyl/N-ethyl adjacent to an activating group) is 1. The zero-order chi connectivity index (χ0) is 13.8. The summed E-state index contributed by atoms with van der Waals surface area (Å²) in [6.07, 6.45) is 0. The average Bonchev–Trinajstić information content (AvgIpc) is 2.30. The molecule has 1 aliphatic rings. The molecule has 1 rings (SSSR count). The van der Waals surface area contributed by atoms with Crippen molar-refractivity contribution < 1.29 is 9.53 Å². The summed E-state index contributed by atoms with van der Waals surface area (Å²) in [5.41, 5.74) is -0.626. The van der Waals surface area contributed by atoms with Crippen molar-refractivity contribution in [1.29, 1.82) is 0 Å². The van der Waals surface area contributed by atoms with E-state index in [1.807, 2.05) is 20.8 Å².